The number of para-hydroxylation sites is 1. The Morgan fingerprint density at radius 1 is 1.14 bits per heavy atom. The van der Waals surface area contributed by atoms with E-state index in [9.17, 15) is 25.0 Å². The van der Waals surface area contributed by atoms with Gasteiger partial charge in [-0.2, -0.15) is 5.26 Å². The van der Waals surface area contributed by atoms with Gasteiger partial charge in [-0.25, -0.2) is 0 Å². The van der Waals surface area contributed by atoms with Crippen molar-refractivity contribution in [3.63, 3.8) is 0 Å². The number of amides is 2. The molecule has 1 fully saturated rings. The van der Waals surface area contributed by atoms with E-state index in [0.717, 1.165) is 16.7 Å². The Kier molecular flexibility index (Phi) is 7.77. The number of rotatable bonds is 8. The number of nitrogens with zero attached hydrogens (tertiary/aromatic N) is 3. The molecule has 1 aliphatic heterocycles. The van der Waals surface area contributed by atoms with Crippen molar-refractivity contribution >= 4 is 46.3 Å². The van der Waals surface area contributed by atoms with E-state index in [2.05, 4.69) is 6.07 Å². The molecule has 186 valence electrons. The quantitative estimate of drug-likeness (QED) is 0.197. The number of methoxy groups -OCH3 is 1. The summed E-state index contributed by atoms with van der Waals surface area (Å²) in [6.45, 7) is -0.135. The summed E-state index contributed by atoms with van der Waals surface area (Å²) in [7, 11) is 1.44. The summed E-state index contributed by atoms with van der Waals surface area (Å²) in [6.07, 6.45) is 1.49. The molecular weight excluding hydrogens is 518 g/mol. The van der Waals surface area contributed by atoms with E-state index >= 15 is 0 Å². The zero-order chi connectivity index (χ0) is 26.5. The number of nitriles is 1. The number of hydrogen-bond acceptors (Lipinski definition) is 8. The lowest BCUT2D eigenvalue weighted by atomic mass is 10.1. The standard InChI is InChI=1S/C26H18ClN3O6S/c1-35-22-11-16(10-20(27)24(22)36-15-19-8-3-2-6-17(19)13-28)12-23-25(31)29(26(32)37-23)14-18-7-4-5-9-21(18)30(33)34/h2-12H,14-15H2,1H3/b23-12-. The number of benzene rings is 3. The van der Waals surface area contributed by atoms with E-state index in [0.29, 0.717) is 22.4 Å². The van der Waals surface area contributed by atoms with Crippen LogP contribution in [-0.2, 0) is 17.9 Å². The fraction of sp³-hybridized carbons (Fsp3) is 0.115. The van der Waals surface area contributed by atoms with Crippen molar-refractivity contribution in [1.29, 1.82) is 5.26 Å². The molecule has 37 heavy (non-hydrogen) atoms. The van der Waals surface area contributed by atoms with Crippen LogP contribution in [-0.4, -0.2) is 28.1 Å². The van der Waals surface area contributed by atoms with Gasteiger partial charge in [-0.1, -0.05) is 48.0 Å². The predicted octanol–water partition coefficient (Wildman–Crippen LogP) is 5.94. The van der Waals surface area contributed by atoms with Crippen molar-refractivity contribution in [3.05, 3.63) is 103 Å². The highest BCUT2D eigenvalue weighted by Gasteiger charge is 2.36. The number of nitro groups is 1. The van der Waals surface area contributed by atoms with E-state index in [-0.39, 0.29) is 40.1 Å². The lowest BCUT2D eigenvalue weighted by Gasteiger charge is -2.14. The maximum Gasteiger partial charge on any atom is 0.293 e. The molecule has 1 saturated heterocycles. The minimum absolute atomic E-state index is 0.0870. The second kappa shape index (κ2) is 11.2. The second-order valence-electron chi connectivity index (χ2n) is 7.75. The highest BCUT2D eigenvalue weighted by molar-refractivity contribution is 8.18. The lowest BCUT2D eigenvalue weighted by molar-refractivity contribution is -0.385. The van der Waals surface area contributed by atoms with Crippen molar-refractivity contribution in [1.82, 2.24) is 4.90 Å². The first kappa shape index (κ1) is 25.8. The molecule has 4 rings (SSSR count). The largest absolute Gasteiger partial charge is 0.493 e. The van der Waals surface area contributed by atoms with Gasteiger partial charge in [0.15, 0.2) is 11.5 Å². The monoisotopic (exact) mass is 535 g/mol. The van der Waals surface area contributed by atoms with E-state index < -0.39 is 16.1 Å². The van der Waals surface area contributed by atoms with E-state index in [4.69, 9.17) is 21.1 Å². The zero-order valence-corrected chi connectivity index (χ0v) is 20.9. The molecule has 0 spiro atoms. The number of thioether (sulfide) groups is 1. The Balaban J connectivity index is 1.56. The molecule has 11 heteroatoms. The van der Waals surface area contributed by atoms with Crippen LogP contribution in [0.2, 0.25) is 5.02 Å². The fourth-order valence-corrected chi connectivity index (χ4v) is 4.76. The molecule has 0 aromatic heterocycles. The van der Waals surface area contributed by atoms with E-state index in [1.807, 2.05) is 0 Å². The van der Waals surface area contributed by atoms with Crippen LogP contribution in [0.15, 0.2) is 65.6 Å². The van der Waals surface area contributed by atoms with Crippen LogP contribution in [0.25, 0.3) is 6.08 Å². The van der Waals surface area contributed by atoms with Crippen molar-refractivity contribution in [2.24, 2.45) is 0 Å². The van der Waals surface area contributed by atoms with E-state index in [1.165, 1.54) is 31.4 Å². The summed E-state index contributed by atoms with van der Waals surface area (Å²) >= 11 is 7.18. The van der Waals surface area contributed by atoms with Crippen LogP contribution < -0.4 is 9.47 Å². The average molecular weight is 536 g/mol. The predicted molar refractivity (Wildman–Crippen MR) is 138 cm³/mol. The zero-order valence-electron chi connectivity index (χ0n) is 19.3. The van der Waals surface area contributed by atoms with Crippen molar-refractivity contribution in [3.8, 4) is 17.6 Å². The minimum Gasteiger partial charge on any atom is -0.493 e. The van der Waals surface area contributed by atoms with Crippen LogP contribution in [0.5, 0.6) is 11.5 Å². The Morgan fingerprint density at radius 3 is 2.54 bits per heavy atom. The molecule has 2 amide bonds. The van der Waals surface area contributed by atoms with Crippen LogP contribution in [0.1, 0.15) is 22.3 Å². The topological polar surface area (TPSA) is 123 Å². The van der Waals surface area contributed by atoms with Gasteiger partial charge in [-0.3, -0.25) is 24.6 Å². The highest BCUT2D eigenvalue weighted by Crippen LogP contribution is 2.40. The molecule has 1 aliphatic rings. The number of ether oxygens (including phenoxy) is 2. The average Bonchev–Trinajstić information content (AvgIpc) is 3.15. The van der Waals surface area contributed by atoms with Gasteiger partial charge in [-0.05, 0) is 41.6 Å². The molecule has 0 saturated carbocycles. The molecule has 0 radical (unpaired) electrons. The molecule has 0 bridgehead atoms. The highest BCUT2D eigenvalue weighted by atomic mass is 35.5. The first-order chi connectivity index (χ1) is 17.8. The molecular formula is C26H18ClN3O6S. The van der Waals surface area contributed by atoms with E-state index in [1.54, 1.807) is 42.5 Å². The molecule has 3 aromatic rings. The van der Waals surface area contributed by atoms with Crippen LogP contribution >= 0.6 is 23.4 Å². The molecule has 9 nitrogen and oxygen atoms in total. The summed E-state index contributed by atoms with van der Waals surface area (Å²) in [4.78, 5) is 37.4. The number of hydrogen-bond donors (Lipinski definition) is 0. The van der Waals surface area contributed by atoms with Gasteiger partial charge < -0.3 is 9.47 Å². The summed E-state index contributed by atoms with van der Waals surface area (Å²) < 4.78 is 11.3. The van der Waals surface area contributed by atoms with Gasteiger partial charge in [0.05, 0.1) is 40.1 Å². The van der Waals surface area contributed by atoms with Crippen molar-refractivity contribution < 1.29 is 24.0 Å². The summed E-state index contributed by atoms with van der Waals surface area (Å²) in [5.74, 6) is -0.0115. The van der Waals surface area contributed by atoms with Gasteiger partial charge in [0, 0.05) is 17.2 Å². The first-order valence-electron chi connectivity index (χ1n) is 10.8. The maximum absolute atomic E-state index is 13.0. The Labute approximate surface area is 221 Å². The van der Waals surface area contributed by atoms with Crippen LogP contribution in [0.3, 0.4) is 0 Å². The van der Waals surface area contributed by atoms with Gasteiger partial charge in [0.1, 0.15) is 6.61 Å². The Hall–Kier alpha value is -4.33. The van der Waals surface area contributed by atoms with Gasteiger partial charge in [0.2, 0.25) is 0 Å². The number of imide groups is 1. The summed E-state index contributed by atoms with van der Waals surface area (Å²) in [5, 5.41) is 20.2. The van der Waals surface area contributed by atoms with Gasteiger partial charge in [0.25, 0.3) is 16.8 Å². The van der Waals surface area contributed by atoms with Crippen molar-refractivity contribution in [2.75, 3.05) is 7.11 Å². The van der Waals surface area contributed by atoms with Crippen LogP contribution in [0, 0.1) is 21.4 Å². The summed E-state index contributed by atoms with van der Waals surface area (Å²) in [6, 6.07) is 18.2. The Morgan fingerprint density at radius 2 is 1.84 bits per heavy atom. The molecule has 0 N–H and O–H groups in total. The smallest absolute Gasteiger partial charge is 0.293 e. The maximum atomic E-state index is 13.0. The third-order valence-corrected chi connectivity index (χ3v) is 6.64. The number of halogens is 1. The first-order valence-corrected chi connectivity index (χ1v) is 12.0. The van der Waals surface area contributed by atoms with Gasteiger partial charge in [-0.15, -0.1) is 0 Å². The minimum atomic E-state index is -0.573. The molecule has 0 atom stereocenters. The number of nitro benzene ring substituents is 1. The fourth-order valence-electron chi connectivity index (χ4n) is 3.65. The SMILES string of the molecule is COc1cc(/C=C2\SC(=O)N(Cc3ccccc3[N+](=O)[O-])C2=O)cc(Cl)c1OCc1ccccc1C#N. The van der Waals surface area contributed by atoms with Crippen LogP contribution in [0.4, 0.5) is 10.5 Å². The molecule has 3 aromatic carbocycles. The van der Waals surface area contributed by atoms with Crippen molar-refractivity contribution in [2.45, 2.75) is 13.2 Å². The lowest BCUT2D eigenvalue weighted by Crippen LogP contribution is -2.27. The second-order valence-corrected chi connectivity index (χ2v) is 9.15. The normalized spacial score (nSPS) is 14.1. The third kappa shape index (κ3) is 5.58. The number of carbonyl (C=O) groups is 2. The summed E-state index contributed by atoms with van der Waals surface area (Å²) in [5.41, 5.74) is 1.73. The molecule has 0 unspecified atom stereocenters. The molecule has 0 aliphatic carbocycles. The third-order valence-electron chi connectivity index (χ3n) is 5.45. The Bertz CT molecular complexity index is 1480. The number of carbonyl (C=O) groups excluding carboxylic acids is 2. The molecule has 1 heterocycles. The van der Waals surface area contributed by atoms with Gasteiger partial charge >= 0.3 is 0 Å².